The molecule has 1 aromatic heterocycles. The second kappa shape index (κ2) is 4.62. The van der Waals surface area contributed by atoms with Crippen LogP contribution in [0.1, 0.15) is 31.4 Å². The van der Waals surface area contributed by atoms with Crippen LogP contribution in [0, 0.1) is 0 Å². The molecule has 1 aliphatic rings. The Labute approximate surface area is 90.8 Å². The molecule has 3 heteroatoms. The molecule has 0 amide bonds. The van der Waals surface area contributed by atoms with Gasteiger partial charge in [0.2, 0.25) is 0 Å². The van der Waals surface area contributed by atoms with Gasteiger partial charge < -0.3 is 10.0 Å². The van der Waals surface area contributed by atoms with E-state index in [-0.39, 0.29) is 6.61 Å². The Balaban J connectivity index is 2.13. The number of anilines is 1. The summed E-state index contributed by atoms with van der Waals surface area (Å²) >= 11 is 0. The van der Waals surface area contributed by atoms with Crippen LogP contribution in [0.3, 0.4) is 0 Å². The number of aliphatic hydroxyl groups is 1. The van der Waals surface area contributed by atoms with Crippen molar-refractivity contribution in [1.82, 2.24) is 4.98 Å². The molecule has 0 radical (unpaired) electrons. The molecule has 0 aromatic carbocycles. The van der Waals surface area contributed by atoms with E-state index in [1.165, 1.54) is 31.4 Å². The normalized spacial score (nSPS) is 16.9. The summed E-state index contributed by atoms with van der Waals surface area (Å²) < 4.78 is 0. The zero-order chi connectivity index (χ0) is 10.7. The Morgan fingerprint density at radius 2 is 2.20 bits per heavy atom. The third kappa shape index (κ3) is 2.29. The summed E-state index contributed by atoms with van der Waals surface area (Å²) in [7, 11) is 2.13. The Kier molecular flexibility index (Phi) is 3.21. The van der Waals surface area contributed by atoms with Gasteiger partial charge in [0, 0.05) is 25.0 Å². The largest absolute Gasteiger partial charge is 0.390 e. The quantitative estimate of drug-likeness (QED) is 0.821. The number of rotatable bonds is 3. The number of aliphatic hydroxyl groups excluding tert-OH is 1. The monoisotopic (exact) mass is 206 g/mol. The van der Waals surface area contributed by atoms with E-state index in [1.54, 1.807) is 6.20 Å². The summed E-state index contributed by atoms with van der Waals surface area (Å²) in [4.78, 5) is 6.40. The third-order valence-electron chi connectivity index (χ3n) is 3.24. The highest BCUT2D eigenvalue weighted by molar-refractivity contribution is 5.46. The van der Waals surface area contributed by atoms with Crippen LogP contribution >= 0.6 is 0 Å². The molecule has 0 aliphatic heterocycles. The Morgan fingerprint density at radius 3 is 2.87 bits per heavy atom. The molecule has 1 fully saturated rings. The fraction of sp³-hybridized carbons (Fsp3) is 0.583. The van der Waals surface area contributed by atoms with Gasteiger partial charge in [-0.3, -0.25) is 4.98 Å². The summed E-state index contributed by atoms with van der Waals surface area (Å²) in [5.74, 6) is 0. The van der Waals surface area contributed by atoms with Crippen molar-refractivity contribution in [1.29, 1.82) is 0 Å². The fourth-order valence-electron chi connectivity index (χ4n) is 2.27. The molecule has 1 aliphatic carbocycles. The molecule has 1 aromatic rings. The number of pyridine rings is 1. The predicted molar refractivity (Wildman–Crippen MR) is 60.8 cm³/mol. The highest BCUT2D eigenvalue weighted by atomic mass is 16.3. The molecular formula is C12H18N2O. The Morgan fingerprint density at radius 1 is 1.47 bits per heavy atom. The van der Waals surface area contributed by atoms with Gasteiger partial charge in [0.05, 0.1) is 12.3 Å². The van der Waals surface area contributed by atoms with Gasteiger partial charge in [-0.05, 0) is 25.0 Å². The summed E-state index contributed by atoms with van der Waals surface area (Å²) in [5.41, 5.74) is 1.92. The van der Waals surface area contributed by atoms with E-state index >= 15 is 0 Å². The van der Waals surface area contributed by atoms with Crippen LogP contribution in [0.25, 0.3) is 0 Å². The van der Waals surface area contributed by atoms with Gasteiger partial charge in [0.1, 0.15) is 0 Å². The van der Waals surface area contributed by atoms with Gasteiger partial charge in [0.15, 0.2) is 0 Å². The van der Waals surface area contributed by atoms with Crippen molar-refractivity contribution >= 4 is 5.69 Å². The molecule has 82 valence electrons. The zero-order valence-electron chi connectivity index (χ0n) is 9.19. The number of hydrogen-bond acceptors (Lipinski definition) is 3. The molecule has 1 saturated carbocycles. The summed E-state index contributed by atoms with van der Waals surface area (Å²) in [6, 6.07) is 4.65. The van der Waals surface area contributed by atoms with E-state index in [0.717, 1.165) is 5.69 Å². The van der Waals surface area contributed by atoms with Crippen LogP contribution in [-0.2, 0) is 6.61 Å². The van der Waals surface area contributed by atoms with Gasteiger partial charge >= 0.3 is 0 Å². The number of hydrogen-bond donors (Lipinski definition) is 1. The second-order valence-electron chi connectivity index (χ2n) is 4.21. The lowest BCUT2D eigenvalue weighted by Gasteiger charge is -2.26. The second-order valence-corrected chi connectivity index (χ2v) is 4.21. The highest BCUT2D eigenvalue weighted by Gasteiger charge is 2.19. The van der Waals surface area contributed by atoms with E-state index in [4.69, 9.17) is 5.11 Å². The first-order valence-electron chi connectivity index (χ1n) is 5.60. The van der Waals surface area contributed by atoms with E-state index < -0.39 is 0 Å². The molecule has 3 nitrogen and oxygen atoms in total. The van der Waals surface area contributed by atoms with Crippen LogP contribution in [-0.4, -0.2) is 23.2 Å². The topological polar surface area (TPSA) is 36.4 Å². The summed E-state index contributed by atoms with van der Waals surface area (Å²) in [6.07, 6.45) is 7.02. The van der Waals surface area contributed by atoms with Gasteiger partial charge in [-0.15, -0.1) is 0 Å². The van der Waals surface area contributed by atoms with Crippen molar-refractivity contribution in [3.05, 3.63) is 24.0 Å². The molecule has 1 heterocycles. The highest BCUT2D eigenvalue weighted by Crippen LogP contribution is 2.26. The van der Waals surface area contributed by atoms with Gasteiger partial charge in [-0.2, -0.15) is 0 Å². The van der Waals surface area contributed by atoms with Crippen molar-refractivity contribution in [2.45, 2.75) is 38.3 Å². The van der Waals surface area contributed by atoms with Crippen molar-refractivity contribution < 1.29 is 5.11 Å². The minimum Gasteiger partial charge on any atom is -0.390 e. The maximum absolute atomic E-state index is 9.03. The summed E-state index contributed by atoms with van der Waals surface area (Å²) in [6.45, 7) is 0.0202. The summed E-state index contributed by atoms with van der Waals surface area (Å²) in [5, 5.41) is 9.03. The molecule has 0 unspecified atom stereocenters. The van der Waals surface area contributed by atoms with Crippen LogP contribution in [0.5, 0.6) is 0 Å². The van der Waals surface area contributed by atoms with E-state index in [1.807, 2.05) is 12.1 Å². The third-order valence-corrected chi connectivity index (χ3v) is 3.24. The fourth-order valence-corrected chi connectivity index (χ4v) is 2.27. The van der Waals surface area contributed by atoms with Crippen molar-refractivity contribution in [3.63, 3.8) is 0 Å². The first-order chi connectivity index (χ1) is 7.31. The van der Waals surface area contributed by atoms with Crippen LogP contribution in [0.2, 0.25) is 0 Å². The van der Waals surface area contributed by atoms with E-state index in [0.29, 0.717) is 6.04 Å². The van der Waals surface area contributed by atoms with Crippen LogP contribution in [0.4, 0.5) is 5.69 Å². The van der Waals surface area contributed by atoms with Crippen molar-refractivity contribution in [2.24, 2.45) is 0 Å². The lowest BCUT2D eigenvalue weighted by Crippen LogP contribution is -2.28. The smallest absolute Gasteiger partial charge is 0.0853 e. The van der Waals surface area contributed by atoms with Crippen LogP contribution < -0.4 is 4.90 Å². The first-order valence-corrected chi connectivity index (χ1v) is 5.60. The number of nitrogens with zero attached hydrogens (tertiary/aromatic N) is 2. The van der Waals surface area contributed by atoms with Crippen LogP contribution in [0.15, 0.2) is 18.3 Å². The molecular weight excluding hydrogens is 188 g/mol. The van der Waals surface area contributed by atoms with Gasteiger partial charge in [-0.25, -0.2) is 0 Å². The maximum Gasteiger partial charge on any atom is 0.0853 e. The van der Waals surface area contributed by atoms with Crippen molar-refractivity contribution in [3.8, 4) is 0 Å². The van der Waals surface area contributed by atoms with Gasteiger partial charge in [-0.1, -0.05) is 12.8 Å². The maximum atomic E-state index is 9.03. The lowest BCUT2D eigenvalue weighted by molar-refractivity contribution is 0.277. The SMILES string of the molecule is CN(c1ccnc(CO)c1)C1CCCC1. The van der Waals surface area contributed by atoms with Crippen molar-refractivity contribution in [2.75, 3.05) is 11.9 Å². The lowest BCUT2D eigenvalue weighted by atomic mass is 10.2. The minimum atomic E-state index is 0.0202. The molecule has 15 heavy (non-hydrogen) atoms. The molecule has 2 rings (SSSR count). The zero-order valence-corrected chi connectivity index (χ0v) is 9.19. The standard InChI is InChI=1S/C12H18N2O/c1-14(11-4-2-3-5-11)12-6-7-13-10(8-12)9-15/h6-8,11,15H,2-5,9H2,1H3. The minimum absolute atomic E-state index is 0.0202. The Bertz CT molecular complexity index is 321. The van der Waals surface area contributed by atoms with E-state index in [9.17, 15) is 0 Å². The predicted octanol–water partition coefficient (Wildman–Crippen LogP) is 1.95. The molecule has 0 bridgehead atoms. The molecule has 0 spiro atoms. The van der Waals surface area contributed by atoms with E-state index in [2.05, 4.69) is 16.9 Å². The number of aromatic nitrogens is 1. The Hall–Kier alpha value is -1.09. The molecule has 1 N–H and O–H groups in total. The first kappa shape index (κ1) is 10.4. The average molecular weight is 206 g/mol. The van der Waals surface area contributed by atoms with Gasteiger partial charge in [0.25, 0.3) is 0 Å². The average Bonchev–Trinajstić information content (AvgIpc) is 2.81. The molecule has 0 saturated heterocycles. The molecule has 0 atom stereocenters.